The highest BCUT2D eigenvalue weighted by molar-refractivity contribution is 7.12. The van der Waals surface area contributed by atoms with Crippen molar-refractivity contribution >= 4 is 45.8 Å². The van der Waals surface area contributed by atoms with Crippen LogP contribution >= 0.6 is 11.3 Å². The molecule has 6 nitrogen and oxygen atoms in total. The second-order valence-electron chi connectivity index (χ2n) is 11.0. The number of allylic oxidation sites excluding steroid dienone is 1. The van der Waals surface area contributed by atoms with Crippen LogP contribution in [0.5, 0.6) is 5.75 Å². The van der Waals surface area contributed by atoms with E-state index in [0.29, 0.717) is 21.9 Å². The second kappa shape index (κ2) is 9.28. The largest absolute Gasteiger partial charge is 0.497 e. The minimum Gasteiger partial charge on any atom is -0.497 e. The van der Waals surface area contributed by atoms with E-state index in [0.717, 1.165) is 28.0 Å². The smallest absolute Gasteiger partial charge is 0.238 e. The van der Waals surface area contributed by atoms with E-state index >= 15 is 0 Å². The van der Waals surface area contributed by atoms with Crippen molar-refractivity contribution in [3.8, 4) is 5.75 Å². The quantitative estimate of drug-likeness (QED) is 0.290. The number of amides is 1. The van der Waals surface area contributed by atoms with Crippen LogP contribution in [0.1, 0.15) is 43.6 Å². The van der Waals surface area contributed by atoms with Gasteiger partial charge in [-0.05, 0) is 66.8 Å². The lowest BCUT2D eigenvalue weighted by Crippen LogP contribution is -2.51. The SMILES string of the molecule is COc1cccc(C(=O)[C@@H]2[C@H](C(=O)c3cccs3)N3c4ccc(C)cc4C(C)=C[C@H]3[C@@]23C(=O)Nc2ccccc23)c1. The average molecular weight is 561 g/mol. The molecular formula is C34H28N2O4S. The predicted octanol–water partition coefficient (Wildman–Crippen LogP) is 6.31. The maximum Gasteiger partial charge on any atom is 0.238 e. The number of carbonyl (C=O) groups is 3. The molecule has 3 aliphatic heterocycles. The molecule has 0 radical (unpaired) electrons. The Bertz CT molecular complexity index is 1770. The Kier molecular flexibility index (Phi) is 5.77. The summed E-state index contributed by atoms with van der Waals surface area (Å²) >= 11 is 1.35. The average Bonchev–Trinajstić information content (AvgIpc) is 3.70. The van der Waals surface area contributed by atoms with E-state index in [2.05, 4.69) is 17.5 Å². The van der Waals surface area contributed by atoms with Gasteiger partial charge < -0.3 is 15.0 Å². The van der Waals surface area contributed by atoms with Crippen LogP contribution in [0, 0.1) is 12.8 Å². The maximum absolute atomic E-state index is 14.9. The summed E-state index contributed by atoms with van der Waals surface area (Å²) in [7, 11) is 1.55. The molecule has 1 saturated heterocycles. The van der Waals surface area contributed by atoms with Crippen LogP contribution in [0.2, 0.25) is 0 Å². The Morgan fingerprint density at radius 2 is 1.78 bits per heavy atom. The van der Waals surface area contributed by atoms with E-state index in [1.54, 1.807) is 37.4 Å². The fourth-order valence-corrected chi connectivity index (χ4v) is 7.76. The van der Waals surface area contributed by atoms with Crippen molar-refractivity contribution in [3.05, 3.63) is 117 Å². The number of methoxy groups -OCH3 is 1. The lowest BCUT2D eigenvalue weighted by molar-refractivity contribution is -0.121. The lowest BCUT2D eigenvalue weighted by atomic mass is 9.64. The van der Waals surface area contributed by atoms with E-state index in [-0.39, 0.29) is 17.5 Å². The summed E-state index contributed by atoms with van der Waals surface area (Å²) in [4.78, 5) is 46.5. The van der Waals surface area contributed by atoms with Gasteiger partial charge in [0.1, 0.15) is 17.2 Å². The number of thiophene rings is 1. The van der Waals surface area contributed by atoms with Gasteiger partial charge in [-0.2, -0.15) is 0 Å². The molecular weight excluding hydrogens is 532 g/mol. The van der Waals surface area contributed by atoms with Gasteiger partial charge >= 0.3 is 0 Å². The highest BCUT2D eigenvalue weighted by atomic mass is 32.1. The number of carbonyl (C=O) groups excluding carboxylic acids is 3. The number of aryl methyl sites for hydroxylation is 1. The summed E-state index contributed by atoms with van der Waals surface area (Å²) in [6.07, 6.45) is 2.08. The number of nitrogens with zero attached hydrogens (tertiary/aromatic N) is 1. The minimum atomic E-state index is -1.34. The van der Waals surface area contributed by atoms with Gasteiger partial charge in [-0.3, -0.25) is 14.4 Å². The monoisotopic (exact) mass is 560 g/mol. The third-order valence-corrected chi connectivity index (χ3v) is 9.69. The zero-order chi connectivity index (χ0) is 28.5. The van der Waals surface area contributed by atoms with Gasteiger partial charge in [0.15, 0.2) is 11.6 Å². The van der Waals surface area contributed by atoms with E-state index in [4.69, 9.17) is 4.74 Å². The summed E-state index contributed by atoms with van der Waals surface area (Å²) in [5.74, 6) is -1.17. The minimum absolute atomic E-state index is 0.167. The van der Waals surface area contributed by atoms with E-state index in [1.165, 1.54) is 11.3 Å². The molecule has 4 heterocycles. The number of rotatable bonds is 5. The molecule has 3 aliphatic rings. The van der Waals surface area contributed by atoms with Gasteiger partial charge in [0, 0.05) is 22.5 Å². The second-order valence-corrected chi connectivity index (χ2v) is 11.9. The number of Topliss-reactive ketones (excluding diaryl/α,β-unsaturated/α-hetero) is 2. The number of fused-ring (bicyclic) bond motifs is 6. The van der Waals surface area contributed by atoms with Crippen molar-refractivity contribution in [3.63, 3.8) is 0 Å². The van der Waals surface area contributed by atoms with Crippen LogP contribution in [0.3, 0.4) is 0 Å². The van der Waals surface area contributed by atoms with Crippen LogP contribution in [-0.2, 0) is 10.2 Å². The van der Waals surface area contributed by atoms with E-state index in [9.17, 15) is 14.4 Å². The van der Waals surface area contributed by atoms with E-state index in [1.807, 2.05) is 66.6 Å². The number of ether oxygens (including phenoxy) is 1. The molecule has 0 aliphatic carbocycles. The first-order valence-corrected chi connectivity index (χ1v) is 14.5. The van der Waals surface area contributed by atoms with Gasteiger partial charge in [0.25, 0.3) is 0 Å². The molecule has 204 valence electrons. The Morgan fingerprint density at radius 1 is 0.951 bits per heavy atom. The van der Waals surface area contributed by atoms with Crippen LogP contribution < -0.4 is 15.0 Å². The first-order valence-electron chi connectivity index (χ1n) is 13.6. The number of nitrogens with one attached hydrogen (secondary N) is 1. The molecule has 0 saturated carbocycles. The summed E-state index contributed by atoms with van der Waals surface area (Å²) in [5.41, 5.74) is 4.44. The van der Waals surface area contributed by atoms with Crippen molar-refractivity contribution in [1.82, 2.24) is 0 Å². The molecule has 4 aromatic rings. The number of hydrogen-bond acceptors (Lipinski definition) is 6. The van der Waals surface area contributed by atoms with E-state index < -0.39 is 23.4 Å². The topological polar surface area (TPSA) is 75.7 Å². The fraction of sp³-hybridized carbons (Fsp3) is 0.206. The third-order valence-electron chi connectivity index (χ3n) is 8.80. The Morgan fingerprint density at radius 3 is 2.56 bits per heavy atom. The Hall–Kier alpha value is -4.49. The molecule has 1 spiro atoms. The van der Waals surface area contributed by atoms with Gasteiger partial charge in [-0.25, -0.2) is 0 Å². The zero-order valence-electron chi connectivity index (χ0n) is 22.9. The van der Waals surface area contributed by atoms with Crippen molar-refractivity contribution in [2.24, 2.45) is 5.92 Å². The summed E-state index contributed by atoms with van der Waals surface area (Å²) in [5, 5.41) is 4.95. The molecule has 1 amide bonds. The molecule has 0 bridgehead atoms. The maximum atomic E-state index is 14.9. The number of para-hydroxylation sites is 1. The van der Waals surface area contributed by atoms with Crippen molar-refractivity contribution in [2.45, 2.75) is 31.3 Å². The molecule has 1 aromatic heterocycles. The van der Waals surface area contributed by atoms with Crippen LogP contribution in [0.15, 0.2) is 90.3 Å². The van der Waals surface area contributed by atoms with Crippen LogP contribution in [0.25, 0.3) is 5.57 Å². The molecule has 41 heavy (non-hydrogen) atoms. The molecule has 7 heteroatoms. The van der Waals surface area contributed by atoms with Crippen LogP contribution in [0.4, 0.5) is 11.4 Å². The third kappa shape index (κ3) is 3.51. The number of anilines is 2. The highest BCUT2D eigenvalue weighted by Crippen LogP contribution is 2.59. The van der Waals surface area contributed by atoms with Gasteiger partial charge in [0.2, 0.25) is 5.91 Å². The Balaban J connectivity index is 1.56. The molecule has 3 aromatic carbocycles. The molecule has 1 N–H and O–H groups in total. The number of benzene rings is 3. The van der Waals surface area contributed by atoms with Crippen molar-refractivity contribution in [2.75, 3.05) is 17.3 Å². The highest BCUT2D eigenvalue weighted by Gasteiger charge is 2.70. The first-order chi connectivity index (χ1) is 19.9. The molecule has 1 fully saturated rings. The van der Waals surface area contributed by atoms with Gasteiger partial charge in [0.05, 0.1) is 23.9 Å². The van der Waals surface area contributed by atoms with Crippen LogP contribution in [-0.4, -0.2) is 36.7 Å². The molecule has 4 atom stereocenters. The molecule has 7 rings (SSSR count). The Labute approximate surface area is 242 Å². The normalized spacial score (nSPS) is 23.9. The number of ketones is 2. The lowest BCUT2D eigenvalue weighted by Gasteiger charge is -2.39. The van der Waals surface area contributed by atoms with Gasteiger partial charge in [-0.15, -0.1) is 11.3 Å². The van der Waals surface area contributed by atoms with Gasteiger partial charge in [-0.1, -0.05) is 54.1 Å². The zero-order valence-corrected chi connectivity index (χ0v) is 23.7. The fourth-order valence-electron chi connectivity index (χ4n) is 7.07. The number of hydrogen-bond donors (Lipinski definition) is 1. The standard InChI is InChI=1S/C34H28N2O4S/c1-19-13-14-26-23(16-19)20(2)17-28-34(24-10-4-5-11-25(24)35-33(34)39)29(31(37)21-8-6-9-22(18-21)40-3)30(36(26)28)32(38)27-12-7-15-41-27/h4-18,28-30H,1-3H3,(H,35,39)/t28-,29-,30+,34+/m0/s1. The summed E-state index contributed by atoms with van der Waals surface area (Å²) in [6.45, 7) is 4.07. The summed E-state index contributed by atoms with van der Waals surface area (Å²) in [6, 6.07) is 22.8. The first kappa shape index (κ1) is 25.5. The summed E-state index contributed by atoms with van der Waals surface area (Å²) < 4.78 is 5.44. The van der Waals surface area contributed by atoms with Crippen molar-refractivity contribution < 1.29 is 19.1 Å². The predicted molar refractivity (Wildman–Crippen MR) is 161 cm³/mol. The molecule has 0 unspecified atom stereocenters. The van der Waals surface area contributed by atoms with Crippen molar-refractivity contribution in [1.29, 1.82) is 0 Å².